The third-order valence-electron chi connectivity index (χ3n) is 5.18. The lowest BCUT2D eigenvalue weighted by atomic mass is 10.1. The molecule has 0 radical (unpaired) electrons. The molecule has 32 heavy (non-hydrogen) atoms. The van der Waals surface area contributed by atoms with E-state index in [1.807, 2.05) is 0 Å². The van der Waals surface area contributed by atoms with Crippen LogP contribution in [0.3, 0.4) is 0 Å². The number of carbonyl (C=O) groups is 2. The van der Waals surface area contributed by atoms with Crippen LogP contribution in [0.4, 0.5) is 26.5 Å². The van der Waals surface area contributed by atoms with E-state index in [4.69, 9.17) is 20.3 Å². The van der Waals surface area contributed by atoms with Crippen LogP contribution in [0.2, 0.25) is 0 Å². The highest BCUT2D eigenvalue weighted by Gasteiger charge is 2.36. The minimum Gasteiger partial charge on any atom is -0.497 e. The summed E-state index contributed by atoms with van der Waals surface area (Å²) >= 11 is 0. The van der Waals surface area contributed by atoms with Crippen LogP contribution in [-0.4, -0.2) is 48.4 Å². The van der Waals surface area contributed by atoms with Gasteiger partial charge < -0.3 is 36.3 Å². The molecule has 1 aliphatic carbocycles. The van der Waals surface area contributed by atoms with Crippen molar-refractivity contribution >= 4 is 29.3 Å². The zero-order valence-corrected chi connectivity index (χ0v) is 17.9. The maximum atomic E-state index is 14.7. The first-order valence-electron chi connectivity index (χ1n) is 9.98. The van der Waals surface area contributed by atoms with Crippen LogP contribution < -0.4 is 31.2 Å². The molecule has 0 unspecified atom stereocenters. The van der Waals surface area contributed by atoms with Gasteiger partial charge in [0.2, 0.25) is 0 Å². The molecule has 0 spiro atoms. The Balaban J connectivity index is 1.92. The van der Waals surface area contributed by atoms with Crippen molar-refractivity contribution in [3.8, 4) is 11.5 Å². The molecule has 6 N–H and O–H groups in total. The zero-order valence-electron chi connectivity index (χ0n) is 17.9. The fourth-order valence-corrected chi connectivity index (χ4v) is 3.44. The van der Waals surface area contributed by atoms with Gasteiger partial charge in [-0.2, -0.15) is 0 Å². The van der Waals surface area contributed by atoms with E-state index in [1.165, 1.54) is 14.2 Å². The predicted molar refractivity (Wildman–Crippen MR) is 116 cm³/mol. The van der Waals surface area contributed by atoms with Gasteiger partial charge in [-0.3, -0.25) is 4.79 Å². The standard InChI is InChI=1S/C21H26FN5O5/c1-10(17(11-4-5-11)26-21(29)30)24-20-16(22)9-15(18(23)28)19(27-20)25-12-6-13(31-2)8-14(7-12)32-3/h6-11,17,26H,4-5H2,1-3H3,(H2,23,28)(H,29,30)(H2,24,25,27)/t10-,17-/m1/s1. The number of pyridine rings is 1. The number of carbonyl (C=O) groups excluding carboxylic acids is 1. The molecule has 0 saturated heterocycles. The molecule has 1 saturated carbocycles. The number of nitrogens with two attached hydrogens (primary N) is 1. The molecule has 2 aromatic rings. The van der Waals surface area contributed by atoms with Crippen molar-refractivity contribution in [2.24, 2.45) is 11.7 Å². The summed E-state index contributed by atoms with van der Waals surface area (Å²) in [4.78, 5) is 27.3. The number of nitrogens with one attached hydrogen (secondary N) is 3. The van der Waals surface area contributed by atoms with Crippen molar-refractivity contribution in [2.75, 3.05) is 24.9 Å². The fraction of sp³-hybridized carbons (Fsp3) is 0.381. The molecule has 2 amide bonds. The molecule has 172 valence electrons. The van der Waals surface area contributed by atoms with Gasteiger partial charge in [-0.15, -0.1) is 0 Å². The Bertz CT molecular complexity index is 992. The van der Waals surface area contributed by atoms with Crippen LogP contribution in [0.5, 0.6) is 11.5 Å². The molecular weight excluding hydrogens is 421 g/mol. The number of benzene rings is 1. The highest BCUT2D eigenvalue weighted by Crippen LogP contribution is 2.35. The van der Waals surface area contributed by atoms with Gasteiger partial charge in [0.25, 0.3) is 5.91 Å². The average Bonchev–Trinajstić information content (AvgIpc) is 3.58. The van der Waals surface area contributed by atoms with E-state index < -0.39 is 29.9 Å². The summed E-state index contributed by atoms with van der Waals surface area (Å²) in [6.07, 6.45) is 0.623. The molecular formula is C21H26FN5O5. The highest BCUT2D eigenvalue weighted by atomic mass is 19.1. The van der Waals surface area contributed by atoms with Gasteiger partial charge in [-0.1, -0.05) is 0 Å². The summed E-state index contributed by atoms with van der Waals surface area (Å²) in [5.74, 6) is -0.609. The second-order valence-corrected chi connectivity index (χ2v) is 7.55. The fourth-order valence-electron chi connectivity index (χ4n) is 3.44. The van der Waals surface area contributed by atoms with Crippen LogP contribution in [0.25, 0.3) is 0 Å². The molecule has 1 aliphatic rings. The van der Waals surface area contributed by atoms with E-state index in [0.29, 0.717) is 17.2 Å². The highest BCUT2D eigenvalue weighted by molar-refractivity contribution is 5.98. The van der Waals surface area contributed by atoms with E-state index in [1.54, 1.807) is 25.1 Å². The molecule has 1 heterocycles. The first-order valence-corrected chi connectivity index (χ1v) is 9.98. The summed E-state index contributed by atoms with van der Waals surface area (Å²) in [6, 6.07) is 5.08. The summed E-state index contributed by atoms with van der Waals surface area (Å²) in [5, 5.41) is 17.5. The number of rotatable bonds is 10. The number of hydrogen-bond donors (Lipinski definition) is 5. The number of halogens is 1. The molecule has 1 aromatic heterocycles. The van der Waals surface area contributed by atoms with Crippen molar-refractivity contribution in [1.82, 2.24) is 10.3 Å². The Kier molecular flexibility index (Phi) is 6.86. The molecule has 0 aliphatic heterocycles. The summed E-state index contributed by atoms with van der Waals surface area (Å²) in [5.41, 5.74) is 5.75. The molecule has 3 rings (SSSR count). The summed E-state index contributed by atoms with van der Waals surface area (Å²) in [6.45, 7) is 1.74. The second-order valence-electron chi connectivity index (χ2n) is 7.55. The number of methoxy groups -OCH3 is 2. The second kappa shape index (κ2) is 9.58. The topological polar surface area (TPSA) is 148 Å². The predicted octanol–water partition coefficient (Wildman–Crippen LogP) is 2.93. The number of anilines is 3. The molecule has 1 aromatic carbocycles. The minimum atomic E-state index is -1.15. The first-order chi connectivity index (χ1) is 15.2. The van der Waals surface area contributed by atoms with Crippen molar-refractivity contribution in [1.29, 1.82) is 0 Å². The van der Waals surface area contributed by atoms with Crippen molar-refractivity contribution in [2.45, 2.75) is 31.8 Å². The number of nitrogens with zero attached hydrogens (tertiary/aromatic N) is 1. The number of primary amides is 1. The number of carboxylic acid groups (broad SMARTS) is 1. The maximum absolute atomic E-state index is 14.7. The van der Waals surface area contributed by atoms with Crippen LogP contribution >= 0.6 is 0 Å². The van der Waals surface area contributed by atoms with Gasteiger partial charge in [0.1, 0.15) is 17.3 Å². The van der Waals surface area contributed by atoms with Gasteiger partial charge in [-0.05, 0) is 31.7 Å². The largest absolute Gasteiger partial charge is 0.497 e. The molecule has 1 fully saturated rings. The van der Waals surface area contributed by atoms with Crippen LogP contribution in [0, 0.1) is 11.7 Å². The molecule has 2 atom stereocenters. The third-order valence-corrected chi connectivity index (χ3v) is 5.18. The van der Waals surface area contributed by atoms with Crippen molar-refractivity contribution in [3.05, 3.63) is 35.6 Å². The van der Waals surface area contributed by atoms with Gasteiger partial charge in [-0.25, -0.2) is 14.2 Å². The van der Waals surface area contributed by atoms with Crippen molar-refractivity contribution < 1.29 is 28.6 Å². The zero-order chi connectivity index (χ0) is 23.4. The molecule has 10 nitrogen and oxygen atoms in total. The summed E-state index contributed by atoms with van der Waals surface area (Å²) in [7, 11) is 2.99. The van der Waals surface area contributed by atoms with E-state index >= 15 is 0 Å². The Morgan fingerprint density at radius 2 is 1.78 bits per heavy atom. The number of aromatic nitrogens is 1. The Labute approximate surface area is 184 Å². The Morgan fingerprint density at radius 3 is 2.28 bits per heavy atom. The lowest BCUT2D eigenvalue weighted by Crippen LogP contribution is -2.46. The quantitative estimate of drug-likeness (QED) is 0.373. The van der Waals surface area contributed by atoms with Crippen LogP contribution in [0.15, 0.2) is 24.3 Å². The van der Waals surface area contributed by atoms with E-state index in [9.17, 15) is 14.0 Å². The number of ether oxygens (including phenoxy) is 2. The minimum absolute atomic E-state index is 0.0260. The van der Waals surface area contributed by atoms with Gasteiger partial charge in [0.05, 0.1) is 25.8 Å². The van der Waals surface area contributed by atoms with E-state index in [-0.39, 0.29) is 23.1 Å². The molecule has 11 heteroatoms. The lowest BCUT2D eigenvalue weighted by Gasteiger charge is -2.26. The third kappa shape index (κ3) is 5.48. The van der Waals surface area contributed by atoms with Crippen molar-refractivity contribution in [3.63, 3.8) is 0 Å². The normalized spacial score (nSPS) is 14.8. The molecule has 0 bridgehead atoms. The van der Waals surface area contributed by atoms with Crippen LogP contribution in [0.1, 0.15) is 30.1 Å². The summed E-state index contributed by atoms with van der Waals surface area (Å²) < 4.78 is 25.2. The smallest absolute Gasteiger partial charge is 0.404 e. The monoisotopic (exact) mass is 447 g/mol. The number of amides is 2. The SMILES string of the molecule is COc1cc(Nc2nc(N[C@H](C)[C@@H](NC(=O)O)C3CC3)c(F)cc2C(N)=O)cc(OC)c1. The lowest BCUT2D eigenvalue weighted by molar-refractivity contribution is 0.100. The van der Waals surface area contributed by atoms with Gasteiger partial charge >= 0.3 is 6.09 Å². The van der Waals surface area contributed by atoms with E-state index in [2.05, 4.69) is 20.9 Å². The Morgan fingerprint density at radius 1 is 1.16 bits per heavy atom. The Hall–Kier alpha value is -3.76. The average molecular weight is 447 g/mol. The van der Waals surface area contributed by atoms with E-state index in [0.717, 1.165) is 18.9 Å². The van der Waals surface area contributed by atoms with Gasteiger partial charge in [0, 0.05) is 29.9 Å². The number of hydrogen-bond acceptors (Lipinski definition) is 7. The van der Waals surface area contributed by atoms with Gasteiger partial charge in [0.15, 0.2) is 11.6 Å². The maximum Gasteiger partial charge on any atom is 0.404 e. The van der Waals surface area contributed by atoms with Crippen LogP contribution in [-0.2, 0) is 0 Å². The first kappa shape index (κ1) is 22.9.